The maximum absolute atomic E-state index is 14.4. The fourth-order valence-electron chi connectivity index (χ4n) is 5.57. The monoisotopic (exact) mass is 556 g/mol. The van der Waals surface area contributed by atoms with Gasteiger partial charge in [-0.15, -0.1) is 0 Å². The lowest BCUT2D eigenvalue weighted by Gasteiger charge is -2.43. The molecule has 2 N–H and O–H groups in total. The van der Waals surface area contributed by atoms with Crippen LogP contribution >= 0.6 is 0 Å². The number of hydrogen-bond donors (Lipinski definition) is 3. The van der Waals surface area contributed by atoms with Gasteiger partial charge in [0.15, 0.2) is 0 Å². The van der Waals surface area contributed by atoms with Gasteiger partial charge in [-0.05, 0) is 41.8 Å². The summed E-state index contributed by atoms with van der Waals surface area (Å²) >= 11 is 0. The molecule has 0 amide bonds. The molecule has 2 fully saturated rings. The van der Waals surface area contributed by atoms with Crippen LogP contribution in [0.1, 0.15) is 45.1 Å². The fraction of sp³-hybridized carbons (Fsp3) is 0.556. The molecular weight excluding hydrogens is 519 g/mol. The Kier molecular flexibility index (Phi) is 8.13. The summed E-state index contributed by atoms with van der Waals surface area (Å²) in [4.78, 5) is 22.5. The molecule has 2 aliphatic rings. The number of thiol groups is 1. The van der Waals surface area contributed by atoms with Gasteiger partial charge in [-0.1, -0.05) is 20.8 Å². The van der Waals surface area contributed by atoms with Crippen LogP contribution in [0.25, 0.3) is 10.8 Å². The summed E-state index contributed by atoms with van der Waals surface area (Å²) in [7, 11) is -0.399. The highest BCUT2D eigenvalue weighted by Crippen LogP contribution is 2.36. The molecule has 2 aliphatic heterocycles. The number of fused-ring (bicyclic) bond motifs is 1. The van der Waals surface area contributed by atoms with Gasteiger partial charge in [-0.2, -0.15) is 4.98 Å². The summed E-state index contributed by atoms with van der Waals surface area (Å²) in [5.74, 6) is 3.07. The third kappa shape index (κ3) is 5.62. The van der Waals surface area contributed by atoms with Crippen molar-refractivity contribution < 1.29 is 13.3 Å². The Bertz CT molecular complexity index is 1390. The van der Waals surface area contributed by atoms with Crippen molar-refractivity contribution >= 4 is 44.8 Å². The van der Waals surface area contributed by atoms with E-state index >= 15 is 0 Å². The van der Waals surface area contributed by atoms with Crippen LogP contribution in [0.2, 0.25) is 0 Å². The highest BCUT2D eigenvalue weighted by molar-refractivity contribution is 7.74. The lowest BCUT2D eigenvalue weighted by Crippen LogP contribution is -2.52. The number of piperidine rings is 1. The smallest absolute Gasteiger partial charge is 0.227 e. The van der Waals surface area contributed by atoms with Crippen LogP contribution in [-0.2, 0) is 15.3 Å². The van der Waals surface area contributed by atoms with Crippen molar-refractivity contribution in [3.05, 3.63) is 36.3 Å². The van der Waals surface area contributed by atoms with Crippen LogP contribution in [0.5, 0.6) is 0 Å². The third-order valence-corrected chi connectivity index (χ3v) is 9.23. The normalized spacial score (nSPS) is 21.7. The number of aromatic nitrogens is 4. The van der Waals surface area contributed by atoms with Crippen LogP contribution in [0.3, 0.4) is 0 Å². The standard InChI is InChI=1S/C27H37FN8O2S/c1-5-23(39(29)37)17-13-36(14-17)26-20-12-31-25(10-18(20)19(11-32-26)16(2)3)33-24-6-8-30-27(34-24)35-9-7-22(38-4)21(28)15-35/h6,8,10-12,16-17,21-23,29,39H,5,7,9,13-15H2,1-4H3,(H,30,31,33,34)/t21-,22+,23-/m0/s1. The predicted molar refractivity (Wildman–Crippen MR) is 154 cm³/mol. The molecule has 3 aromatic rings. The Hall–Kier alpha value is -3.12. The minimum Gasteiger partial charge on any atom is -0.378 e. The first kappa shape index (κ1) is 27.4. The zero-order valence-electron chi connectivity index (χ0n) is 22.8. The van der Waals surface area contributed by atoms with Crippen molar-refractivity contribution in [3.8, 4) is 0 Å². The van der Waals surface area contributed by atoms with Crippen LogP contribution in [0.15, 0.2) is 30.7 Å². The molecule has 4 atom stereocenters. The number of anilines is 4. The molecule has 2 saturated heterocycles. The van der Waals surface area contributed by atoms with Crippen molar-refractivity contribution in [2.24, 2.45) is 5.92 Å². The van der Waals surface area contributed by atoms with Gasteiger partial charge in [-0.25, -0.2) is 19.3 Å². The number of halogens is 1. The molecule has 3 aromatic heterocycles. The molecule has 5 rings (SSSR count). The van der Waals surface area contributed by atoms with Gasteiger partial charge in [0.25, 0.3) is 0 Å². The second kappa shape index (κ2) is 11.5. The minimum atomic E-state index is -1.94. The number of pyridine rings is 2. The lowest BCUT2D eigenvalue weighted by atomic mass is 9.93. The van der Waals surface area contributed by atoms with Crippen LogP contribution in [0.4, 0.5) is 27.8 Å². The fourth-order valence-corrected chi connectivity index (χ4v) is 6.48. The molecule has 39 heavy (non-hydrogen) atoms. The molecule has 0 radical (unpaired) electrons. The average Bonchev–Trinajstić information content (AvgIpc) is 2.89. The van der Waals surface area contributed by atoms with Crippen molar-refractivity contribution in [1.29, 1.82) is 4.78 Å². The van der Waals surface area contributed by atoms with E-state index in [0.29, 0.717) is 30.5 Å². The molecule has 0 spiro atoms. The second-order valence-electron chi connectivity index (χ2n) is 10.7. The zero-order chi connectivity index (χ0) is 27.7. The van der Waals surface area contributed by atoms with Crippen molar-refractivity contribution in [1.82, 2.24) is 19.9 Å². The first-order valence-electron chi connectivity index (χ1n) is 13.5. The van der Waals surface area contributed by atoms with E-state index in [9.17, 15) is 8.60 Å². The largest absolute Gasteiger partial charge is 0.378 e. The van der Waals surface area contributed by atoms with Gasteiger partial charge in [0.05, 0.1) is 12.6 Å². The average molecular weight is 557 g/mol. The molecule has 0 aromatic carbocycles. The predicted octanol–water partition coefficient (Wildman–Crippen LogP) is 4.31. The Balaban J connectivity index is 1.38. The molecular formula is C27H37FN8O2S. The molecule has 10 nitrogen and oxygen atoms in total. The molecule has 12 heteroatoms. The number of nitrogens with one attached hydrogen (secondary N) is 2. The van der Waals surface area contributed by atoms with Crippen LogP contribution < -0.4 is 15.1 Å². The van der Waals surface area contributed by atoms with E-state index in [-0.39, 0.29) is 23.6 Å². The van der Waals surface area contributed by atoms with E-state index in [4.69, 9.17) is 14.5 Å². The zero-order valence-corrected chi connectivity index (χ0v) is 23.7. The van der Waals surface area contributed by atoms with Crippen molar-refractivity contribution in [2.45, 2.75) is 57.1 Å². The van der Waals surface area contributed by atoms with E-state index in [1.165, 1.54) is 0 Å². The van der Waals surface area contributed by atoms with E-state index in [0.717, 1.165) is 41.7 Å². The minimum absolute atomic E-state index is 0.0775. The Morgan fingerprint density at radius 2 is 1.95 bits per heavy atom. The van der Waals surface area contributed by atoms with Gasteiger partial charge >= 0.3 is 0 Å². The van der Waals surface area contributed by atoms with Gasteiger partial charge < -0.3 is 19.9 Å². The van der Waals surface area contributed by atoms with Gasteiger partial charge in [0.1, 0.15) is 23.6 Å². The summed E-state index contributed by atoms with van der Waals surface area (Å²) in [6.07, 6.45) is 5.28. The van der Waals surface area contributed by atoms with Gasteiger partial charge in [0.2, 0.25) is 5.95 Å². The molecule has 5 heterocycles. The third-order valence-electron chi connectivity index (χ3n) is 7.84. The summed E-state index contributed by atoms with van der Waals surface area (Å²) in [6.45, 7) is 8.58. The quantitative estimate of drug-likeness (QED) is 0.331. The first-order chi connectivity index (χ1) is 18.8. The van der Waals surface area contributed by atoms with Crippen molar-refractivity contribution in [3.63, 3.8) is 0 Å². The number of methoxy groups -OCH3 is 1. The van der Waals surface area contributed by atoms with Gasteiger partial charge in [0, 0.05) is 72.5 Å². The Labute approximate surface area is 230 Å². The maximum Gasteiger partial charge on any atom is 0.227 e. The summed E-state index contributed by atoms with van der Waals surface area (Å²) in [6, 6.07) is 3.79. The lowest BCUT2D eigenvalue weighted by molar-refractivity contribution is 0.0194. The van der Waals surface area contributed by atoms with E-state index < -0.39 is 22.9 Å². The highest BCUT2D eigenvalue weighted by Gasteiger charge is 2.35. The summed E-state index contributed by atoms with van der Waals surface area (Å²) in [5, 5.41) is 5.24. The molecule has 210 valence electrons. The number of hydrogen-bond acceptors (Lipinski definition) is 10. The van der Waals surface area contributed by atoms with Crippen LogP contribution in [0, 0.1) is 10.7 Å². The van der Waals surface area contributed by atoms with Gasteiger partial charge in [-0.3, -0.25) is 8.99 Å². The van der Waals surface area contributed by atoms with E-state index in [1.807, 2.05) is 30.3 Å². The molecule has 0 saturated carbocycles. The Morgan fingerprint density at radius 3 is 2.62 bits per heavy atom. The number of ether oxygens (including phenoxy) is 1. The number of nitrogens with zero attached hydrogens (tertiary/aromatic N) is 6. The maximum atomic E-state index is 14.4. The molecule has 0 bridgehead atoms. The Morgan fingerprint density at radius 1 is 1.15 bits per heavy atom. The number of rotatable bonds is 9. The molecule has 0 aliphatic carbocycles. The first-order valence-corrected chi connectivity index (χ1v) is 14.8. The van der Waals surface area contributed by atoms with E-state index in [2.05, 4.69) is 39.0 Å². The van der Waals surface area contributed by atoms with Crippen molar-refractivity contribution in [2.75, 3.05) is 48.4 Å². The molecule has 1 unspecified atom stereocenters. The number of alkyl halides is 1. The highest BCUT2D eigenvalue weighted by atomic mass is 32.2. The topological polar surface area (TPSA) is 120 Å². The SMILES string of the molecule is CC[C@@H](C1CN(c2ncc(C(C)C)c3cc(Nc4ccnc(N5CC[C@@H](OC)[C@@H](F)C5)n4)ncc23)C1)[SH](=N)=O. The van der Waals surface area contributed by atoms with Crippen LogP contribution in [-0.4, -0.2) is 75.0 Å². The summed E-state index contributed by atoms with van der Waals surface area (Å²) in [5.41, 5.74) is 1.12. The second-order valence-corrected chi connectivity index (χ2v) is 12.0. The summed E-state index contributed by atoms with van der Waals surface area (Å²) < 4.78 is 39.2. The van der Waals surface area contributed by atoms with E-state index in [1.54, 1.807) is 19.4 Å².